The lowest BCUT2D eigenvalue weighted by Crippen LogP contribution is -2.07. The van der Waals surface area contributed by atoms with E-state index in [4.69, 9.17) is 16.0 Å². The van der Waals surface area contributed by atoms with Gasteiger partial charge in [-0.15, -0.1) is 0 Å². The van der Waals surface area contributed by atoms with Gasteiger partial charge >= 0.3 is 0 Å². The van der Waals surface area contributed by atoms with E-state index in [2.05, 4.69) is 4.72 Å². The Balaban J connectivity index is 2.29. The van der Waals surface area contributed by atoms with Crippen molar-refractivity contribution >= 4 is 34.3 Å². The highest BCUT2D eigenvalue weighted by Gasteiger charge is 2.13. The van der Waals surface area contributed by atoms with Crippen LogP contribution in [-0.2, 0) is 24.1 Å². The molecule has 0 saturated carbocycles. The van der Waals surface area contributed by atoms with Crippen molar-refractivity contribution in [1.29, 1.82) is 0 Å². The molecule has 0 fully saturated rings. The summed E-state index contributed by atoms with van der Waals surface area (Å²) >= 11 is 3.55. The Kier molecular flexibility index (Phi) is 5.17. The summed E-state index contributed by atoms with van der Waals surface area (Å²) in [6.07, 6.45) is 2.79. The SMILES string of the molecule is CC(=O)c1cc(NS(=O)[O-])c(Cl)cc1CCc1ccco1. The molecule has 0 aliphatic heterocycles. The highest BCUT2D eigenvalue weighted by atomic mass is 35.5. The third-order valence-electron chi connectivity index (χ3n) is 2.99. The first-order valence-electron chi connectivity index (χ1n) is 6.19. The summed E-state index contributed by atoms with van der Waals surface area (Å²) in [5.41, 5.74) is 1.39. The number of anilines is 1. The first kappa shape index (κ1) is 15.8. The van der Waals surface area contributed by atoms with Crippen molar-refractivity contribution in [2.24, 2.45) is 0 Å². The Labute approximate surface area is 129 Å². The quantitative estimate of drug-likeness (QED) is 0.653. The van der Waals surface area contributed by atoms with Crippen molar-refractivity contribution < 1.29 is 18.0 Å². The molecule has 0 aliphatic carbocycles. The standard InChI is InChI=1S/C14H14ClNO4S/c1-9(17)12-8-14(16-21(18)19)13(15)7-10(12)4-5-11-3-2-6-20-11/h2-3,6-8,16H,4-5H2,1H3,(H,18,19)/p-1. The number of halogens is 1. The predicted molar refractivity (Wildman–Crippen MR) is 80.1 cm³/mol. The van der Waals surface area contributed by atoms with E-state index in [-0.39, 0.29) is 16.5 Å². The molecule has 0 spiro atoms. The summed E-state index contributed by atoms with van der Waals surface area (Å²) in [5.74, 6) is 0.657. The summed E-state index contributed by atoms with van der Waals surface area (Å²) in [4.78, 5) is 11.7. The van der Waals surface area contributed by atoms with Gasteiger partial charge in [-0.3, -0.25) is 9.00 Å². The van der Waals surface area contributed by atoms with Crippen LogP contribution in [0.3, 0.4) is 0 Å². The second-order valence-corrected chi connectivity index (χ2v) is 5.54. The van der Waals surface area contributed by atoms with Gasteiger partial charge in [-0.2, -0.15) is 0 Å². The van der Waals surface area contributed by atoms with Crippen molar-refractivity contribution in [2.45, 2.75) is 19.8 Å². The molecule has 7 heteroatoms. The second-order valence-electron chi connectivity index (χ2n) is 4.46. The third kappa shape index (κ3) is 4.17. The zero-order chi connectivity index (χ0) is 15.4. The van der Waals surface area contributed by atoms with Crippen LogP contribution in [0.2, 0.25) is 5.02 Å². The molecule has 2 aromatic rings. The molecule has 2 rings (SSSR count). The predicted octanol–water partition coefficient (Wildman–Crippen LogP) is 3.13. The number of aryl methyl sites for hydroxylation is 2. The van der Waals surface area contributed by atoms with Crippen LogP contribution in [0.15, 0.2) is 34.9 Å². The van der Waals surface area contributed by atoms with Crippen LogP contribution in [0, 0.1) is 0 Å². The maximum atomic E-state index is 11.7. The average Bonchev–Trinajstić information content (AvgIpc) is 2.91. The molecule has 0 bridgehead atoms. The maximum absolute atomic E-state index is 11.7. The molecule has 1 N–H and O–H groups in total. The summed E-state index contributed by atoms with van der Waals surface area (Å²) in [5, 5.41) is 0.249. The lowest BCUT2D eigenvalue weighted by atomic mass is 9.99. The highest BCUT2D eigenvalue weighted by molar-refractivity contribution is 7.80. The fourth-order valence-electron chi connectivity index (χ4n) is 2.03. The Morgan fingerprint density at radius 3 is 2.76 bits per heavy atom. The van der Waals surface area contributed by atoms with Crippen molar-refractivity contribution in [3.05, 3.63) is 52.4 Å². The number of rotatable bonds is 6. The number of carbonyl (C=O) groups excluding carboxylic acids is 1. The number of hydrogen-bond donors (Lipinski definition) is 1. The van der Waals surface area contributed by atoms with Crippen LogP contribution in [0.25, 0.3) is 0 Å². The van der Waals surface area contributed by atoms with Gasteiger partial charge in [0.2, 0.25) is 0 Å². The highest BCUT2D eigenvalue weighted by Crippen LogP contribution is 2.28. The van der Waals surface area contributed by atoms with Crippen LogP contribution in [0.1, 0.15) is 28.6 Å². The lowest BCUT2D eigenvalue weighted by molar-refractivity contribution is 0.101. The van der Waals surface area contributed by atoms with E-state index in [1.54, 1.807) is 18.4 Å². The minimum atomic E-state index is -2.49. The van der Waals surface area contributed by atoms with Crippen molar-refractivity contribution in [3.63, 3.8) is 0 Å². The van der Waals surface area contributed by atoms with Crippen molar-refractivity contribution in [2.75, 3.05) is 4.72 Å². The number of benzene rings is 1. The van der Waals surface area contributed by atoms with E-state index in [1.807, 2.05) is 6.07 Å². The first-order chi connectivity index (χ1) is 9.97. The van der Waals surface area contributed by atoms with Gasteiger partial charge in [-0.05, 0) is 43.2 Å². The molecule has 0 saturated heterocycles. The maximum Gasteiger partial charge on any atom is 0.160 e. The average molecular weight is 327 g/mol. The summed E-state index contributed by atoms with van der Waals surface area (Å²) < 4.78 is 28.8. The van der Waals surface area contributed by atoms with E-state index in [0.29, 0.717) is 18.4 Å². The van der Waals surface area contributed by atoms with E-state index in [0.717, 1.165) is 11.3 Å². The molecular weight excluding hydrogens is 314 g/mol. The van der Waals surface area contributed by atoms with Gasteiger partial charge in [-0.25, -0.2) is 0 Å². The van der Waals surface area contributed by atoms with Gasteiger partial charge in [-0.1, -0.05) is 11.6 Å². The monoisotopic (exact) mass is 326 g/mol. The second kappa shape index (κ2) is 6.89. The van der Waals surface area contributed by atoms with Crippen molar-refractivity contribution in [1.82, 2.24) is 0 Å². The van der Waals surface area contributed by atoms with Crippen LogP contribution < -0.4 is 4.72 Å². The minimum Gasteiger partial charge on any atom is -0.755 e. The Bertz CT molecular complexity index is 670. The van der Waals surface area contributed by atoms with Gasteiger partial charge in [0.25, 0.3) is 0 Å². The summed E-state index contributed by atoms with van der Waals surface area (Å²) in [6, 6.07) is 6.71. The molecule has 0 aliphatic rings. The van der Waals surface area contributed by atoms with Crippen LogP contribution in [-0.4, -0.2) is 14.5 Å². The molecule has 1 aromatic heterocycles. The van der Waals surface area contributed by atoms with Crippen LogP contribution in [0.4, 0.5) is 5.69 Å². The molecule has 1 unspecified atom stereocenters. The summed E-state index contributed by atoms with van der Waals surface area (Å²) in [7, 11) is 0. The molecule has 1 aromatic carbocycles. The molecule has 1 heterocycles. The number of ketones is 1. The minimum absolute atomic E-state index is 0.152. The Morgan fingerprint density at radius 2 is 2.19 bits per heavy atom. The van der Waals surface area contributed by atoms with Crippen LogP contribution >= 0.6 is 11.6 Å². The van der Waals surface area contributed by atoms with Crippen molar-refractivity contribution in [3.8, 4) is 0 Å². The Hall–Kier alpha value is -1.63. The van der Waals surface area contributed by atoms with Gasteiger partial charge in [0.1, 0.15) is 5.76 Å². The van der Waals surface area contributed by atoms with Gasteiger partial charge < -0.3 is 13.7 Å². The van der Waals surface area contributed by atoms with E-state index < -0.39 is 11.3 Å². The zero-order valence-corrected chi connectivity index (χ0v) is 12.8. The molecular formula is C14H13ClNO4S-. The molecule has 0 amide bonds. The molecule has 5 nitrogen and oxygen atoms in total. The van der Waals surface area contributed by atoms with E-state index in [1.165, 1.54) is 13.0 Å². The van der Waals surface area contributed by atoms with E-state index in [9.17, 15) is 13.6 Å². The fraction of sp³-hybridized carbons (Fsp3) is 0.214. The van der Waals surface area contributed by atoms with Gasteiger partial charge in [0.15, 0.2) is 5.78 Å². The molecule has 21 heavy (non-hydrogen) atoms. The lowest BCUT2D eigenvalue weighted by Gasteiger charge is -2.14. The largest absolute Gasteiger partial charge is 0.755 e. The first-order valence-corrected chi connectivity index (χ1v) is 7.64. The zero-order valence-electron chi connectivity index (χ0n) is 11.2. The topological polar surface area (TPSA) is 82.4 Å². The third-order valence-corrected chi connectivity index (χ3v) is 3.69. The number of nitrogens with one attached hydrogen (secondary N) is 1. The molecule has 112 valence electrons. The Morgan fingerprint density at radius 1 is 1.43 bits per heavy atom. The van der Waals surface area contributed by atoms with Crippen LogP contribution in [0.5, 0.6) is 0 Å². The van der Waals surface area contributed by atoms with Gasteiger partial charge in [0, 0.05) is 23.3 Å². The molecule has 0 radical (unpaired) electrons. The molecule has 1 atom stereocenters. The fourth-order valence-corrected chi connectivity index (χ4v) is 2.67. The summed E-state index contributed by atoms with van der Waals surface area (Å²) in [6.45, 7) is 1.43. The number of furan rings is 1. The number of hydrogen-bond acceptors (Lipinski definition) is 4. The normalized spacial score (nSPS) is 12.1. The number of carbonyl (C=O) groups is 1. The van der Waals surface area contributed by atoms with Gasteiger partial charge in [0.05, 0.1) is 17.0 Å². The number of Topliss-reactive ketones (excluding diaryl/α,β-unsaturated/α-hetero) is 1. The smallest absolute Gasteiger partial charge is 0.160 e. The van der Waals surface area contributed by atoms with E-state index >= 15 is 0 Å².